The zero-order valence-electron chi connectivity index (χ0n) is 20.7. The van der Waals surface area contributed by atoms with Crippen molar-refractivity contribution in [1.29, 1.82) is 0 Å². The van der Waals surface area contributed by atoms with Gasteiger partial charge in [-0.05, 0) is 56.9 Å². The molecule has 0 saturated heterocycles. The smallest absolute Gasteiger partial charge is 0.415 e. The number of nitrogens with zero attached hydrogens (tertiary/aromatic N) is 2. The maximum Gasteiger partial charge on any atom is 0.415 e. The lowest BCUT2D eigenvalue weighted by Crippen LogP contribution is -2.44. The summed E-state index contributed by atoms with van der Waals surface area (Å²) < 4.78 is 11.6. The van der Waals surface area contributed by atoms with E-state index in [-0.39, 0.29) is 6.61 Å². The van der Waals surface area contributed by atoms with E-state index in [1.165, 1.54) is 0 Å². The van der Waals surface area contributed by atoms with Crippen LogP contribution >= 0.6 is 0 Å². The Morgan fingerprint density at radius 3 is 2.35 bits per heavy atom. The third kappa shape index (κ3) is 5.84. The van der Waals surface area contributed by atoms with Gasteiger partial charge in [-0.25, -0.2) is 9.78 Å². The van der Waals surface area contributed by atoms with Crippen molar-refractivity contribution >= 4 is 22.9 Å². The van der Waals surface area contributed by atoms with Crippen molar-refractivity contribution in [1.82, 2.24) is 9.88 Å². The van der Waals surface area contributed by atoms with E-state index < -0.39 is 17.5 Å². The van der Waals surface area contributed by atoms with E-state index in [9.17, 15) is 9.59 Å². The largest absolute Gasteiger partial charge is 0.484 e. The van der Waals surface area contributed by atoms with Gasteiger partial charge in [-0.3, -0.25) is 4.79 Å². The molecule has 2 aromatic carbocycles. The second-order valence-electron chi connectivity index (χ2n) is 9.76. The number of carbonyl (C=O) groups is 2. The molecule has 0 aliphatic heterocycles. The zero-order valence-corrected chi connectivity index (χ0v) is 20.7. The molecule has 2 amide bonds. The summed E-state index contributed by atoms with van der Waals surface area (Å²) in [5.74, 6) is 0.643. The number of nitrogens with two attached hydrogens (primary N) is 1. The van der Waals surface area contributed by atoms with Gasteiger partial charge in [0.2, 0.25) is 0 Å². The molecule has 1 aromatic heterocycles. The number of ether oxygens (including phenoxy) is 2. The average molecular weight is 464 g/mol. The van der Waals surface area contributed by atoms with Gasteiger partial charge in [-0.1, -0.05) is 44.2 Å². The van der Waals surface area contributed by atoms with Crippen LogP contribution in [0, 0.1) is 5.92 Å². The van der Waals surface area contributed by atoms with Crippen molar-refractivity contribution < 1.29 is 19.1 Å². The summed E-state index contributed by atoms with van der Waals surface area (Å²) in [5, 5.41) is 0.752. The lowest BCUT2D eigenvalue weighted by atomic mass is 9.96. The number of primary amides is 1. The number of hydrogen-bond acceptors (Lipinski definition) is 5. The molecule has 0 spiro atoms. The first kappa shape index (κ1) is 25.0. The normalized spacial score (nSPS) is 11.5. The van der Waals surface area contributed by atoms with E-state index in [1.54, 1.807) is 24.1 Å². The molecule has 3 aromatic rings. The summed E-state index contributed by atoms with van der Waals surface area (Å²) in [6.45, 7) is 9.81. The van der Waals surface area contributed by atoms with Crippen molar-refractivity contribution in [2.75, 3.05) is 13.7 Å². The van der Waals surface area contributed by atoms with Crippen LogP contribution in [-0.4, -0.2) is 41.1 Å². The van der Waals surface area contributed by atoms with E-state index in [2.05, 4.69) is 13.8 Å². The number of pyridine rings is 1. The summed E-state index contributed by atoms with van der Waals surface area (Å²) in [4.78, 5) is 30.8. The van der Waals surface area contributed by atoms with Crippen molar-refractivity contribution in [3.8, 4) is 22.6 Å². The number of benzene rings is 2. The van der Waals surface area contributed by atoms with Gasteiger partial charge < -0.3 is 20.1 Å². The van der Waals surface area contributed by atoms with E-state index >= 15 is 0 Å². The number of hydrogen-bond donors (Lipinski definition) is 1. The van der Waals surface area contributed by atoms with Crippen LogP contribution in [0.1, 0.15) is 40.3 Å². The molecule has 1 heterocycles. The van der Waals surface area contributed by atoms with Crippen LogP contribution < -0.4 is 15.2 Å². The van der Waals surface area contributed by atoms with Crippen LogP contribution in [0.3, 0.4) is 0 Å². The molecule has 0 radical (unpaired) electrons. The standard InChI is InChI=1S/C27H33N3O4/c1-17(2)14-22-25(34-26(32)30(6)27(3,4)5)24(18-10-8-7-9-11-18)20-15-19(33-16-23(28)31)12-13-21(20)29-22/h7-13,15,17H,14,16H2,1-6H3,(H2,28,31). The lowest BCUT2D eigenvalue weighted by molar-refractivity contribution is -0.119. The third-order valence-corrected chi connectivity index (χ3v) is 5.50. The molecule has 0 unspecified atom stereocenters. The first-order valence-corrected chi connectivity index (χ1v) is 11.4. The van der Waals surface area contributed by atoms with Gasteiger partial charge in [-0.2, -0.15) is 0 Å². The fourth-order valence-electron chi connectivity index (χ4n) is 3.48. The van der Waals surface area contributed by atoms with Gasteiger partial charge in [0.1, 0.15) is 5.75 Å². The predicted octanol–water partition coefficient (Wildman–Crippen LogP) is 5.19. The minimum absolute atomic E-state index is 0.233. The highest BCUT2D eigenvalue weighted by Crippen LogP contribution is 2.41. The van der Waals surface area contributed by atoms with Gasteiger partial charge >= 0.3 is 6.09 Å². The van der Waals surface area contributed by atoms with Gasteiger partial charge in [-0.15, -0.1) is 0 Å². The molecular weight excluding hydrogens is 430 g/mol. The van der Waals surface area contributed by atoms with Crippen LogP contribution in [0.4, 0.5) is 4.79 Å². The van der Waals surface area contributed by atoms with Crippen LogP contribution in [0.2, 0.25) is 0 Å². The quantitative estimate of drug-likeness (QED) is 0.520. The van der Waals surface area contributed by atoms with E-state index in [0.717, 1.165) is 22.0 Å². The molecule has 7 nitrogen and oxygen atoms in total. The summed E-state index contributed by atoms with van der Waals surface area (Å²) in [7, 11) is 1.72. The minimum atomic E-state index is -0.561. The Kier molecular flexibility index (Phi) is 7.44. The lowest BCUT2D eigenvalue weighted by Gasteiger charge is -2.31. The fraction of sp³-hybridized carbons (Fsp3) is 0.370. The maximum atomic E-state index is 13.2. The highest BCUT2D eigenvalue weighted by Gasteiger charge is 2.27. The predicted molar refractivity (Wildman–Crippen MR) is 134 cm³/mol. The first-order chi connectivity index (χ1) is 16.0. The van der Waals surface area contributed by atoms with Crippen molar-refractivity contribution in [2.24, 2.45) is 11.7 Å². The molecule has 0 fully saturated rings. The fourth-order valence-corrected chi connectivity index (χ4v) is 3.48. The molecule has 180 valence electrons. The average Bonchev–Trinajstić information content (AvgIpc) is 2.77. The Balaban J connectivity index is 2.27. The second-order valence-corrected chi connectivity index (χ2v) is 9.76. The monoisotopic (exact) mass is 463 g/mol. The molecule has 7 heteroatoms. The molecule has 0 atom stereocenters. The minimum Gasteiger partial charge on any atom is -0.484 e. The van der Waals surface area contributed by atoms with Crippen LogP contribution in [0.5, 0.6) is 11.5 Å². The highest BCUT2D eigenvalue weighted by molar-refractivity contribution is 6.00. The second kappa shape index (κ2) is 10.1. The Hall–Kier alpha value is -3.61. The van der Waals surface area contributed by atoms with Gasteiger partial charge in [0.25, 0.3) is 5.91 Å². The van der Waals surface area contributed by atoms with Crippen LogP contribution in [0.25, 0.3) is 22.0 Å². The molecule has 0 bridgehead atoms. The number of rotatable bonds is 7. The Bertz CT molecular complexity index is 1180. The topological polar surface area (TPSA) is 94.8 Å². The summed E-state index contributed by atoms with van der Waals surface area (Å²) in [5.41, 5.74) is 7.92. The molecular formula is C27H33N3O4. The number of amides is 2. The molecule has 3 rings (SSSR count). The molecule has 34 heavy (non-hydrogen) atoms. The number of carbonyl (C=O) groups excluding carboxylic acids is 2. The van der Waals surface area contributed by atoms with Gasteiger partial charge in [0.15, 0.2) is 12.4 Å². The molecule has 2 N–H and O–H groups in total. The number of aromatic nitrogens is 1. The Labute approximate surface area is 200 Å². The third-order valence-electron chi connectivity index (χ3n) is 5.50. The molecule has 0 aliphatic carbocycles. The van der Waals surface area contributed by atoms with Crippen LogP contribution in [0.15, 0.2) is 48.5 Å². The molecule has 0 aliphatic rings. The van der Waals surface area contributed by atoms with Gasteiger partial charge in [0.05, 0.1) is 11.2 Å². The zero-order chi connectivity index (χ0) is 25.0. The van der Waals surface area contributed by atoms with Crippen molar-refractivity contribution in [3.05, 3.63) is 54.2 Å². The number of fused-ring (bicyclic) bond motifs is 1. The maximum absolute atomic E-state index is 13.2. The van der Waals surface area contributed by atoms with E-state index in [1.807, 2.05) is 57.2 Å². The molecule has 0 saturated carbocycles. The summed E-state index contributed by atoms with van der Waals surface area (Å²) >= 11 is 0. The van der Waals surface area contributed by atoms with E-state index in [4.69, 9.17) is 20.2 Å². The van der Waals surface area contributed by atoms with Crippen molar-refractivity contribution in [3.63, 3.8) is 0 Å². The van der Waals surface area contributed by atoms with Gasteiger partial charge in [0, 0.05) is 23.5 Å². The van der Waals surface area contributed by atoms with Crippen molar-refractivity contribution in [2.45, 2.75) is 46.6 Å². The Morgan fingerprint density at radius 1 is 1.09 bits per heavy atom. The van der Waals surface area contributed by atoms with Crippen LogP contribution in [-0.2, 0) is 11.2 Å². The van der Waals surface area contributed by atoms with E-state index in [0.29, 0.717) is 29.5 Å². The SMILES string of the molecule is CC(C)Cc1nc2ccc(OCC(N)=O)cc2c(-c2ccccc2)c1OC(=O)N(C)C(C)(C)C. The Morgan fingerprint density at radius 2 is 1.76 bits per heavy atom. The first-order valence-electron chi connectivity index (χ1n) is 11.4. The summed E-state index contributed by atoms with van der Waals surface area (Å²) in [6, 6.07) is 15.1. The summed E-state index contributed by atoms with van der Waals surface area (Å²) in [6.07, 6.45) is 0.175. The highest BCUT2D eigenvalue weighted by atomic mass is 16.6.